The summed E-state index contributed by atoms with van der Waals surface area (Å²) in [6.45, 7) is 1.99. The number of hydrogen-bond donors (Lipinski definition) is 1. The van der Waals surface area contributed by atoms with E-state index in [1.165, 1.54) is 0 Å². The SMILES string of the molecule is Cc1nc2ccccc2nc1OCc1nc(N)nc(N(C)C)n1. The molecule has 0 fully saturated rings. The number of fused-ring (bicyclic) bond motifs is 1. The molecule has 0 unspecified atom stereocenters. The van der Waals surface area contributed by atoms with Gasteiger partial charge in [-0.05, 0) is 19.1 Å². The molecule has 2 N–H and O–H groups in total. The first kappa shape index (κ1) is 14.9. The molecule has 0 saturated carbocycles. The lowest BCUT2D eigenvalue weighted by molar-refractivity contribution is 0.281. The summed E-state index contributed by atoms with van der Waals surface area (Å²) in [6.07, 6.45) is 0. The van der Waals surface area contributed by atoms with Gasteiger partial charge in [-0.2, -0.15) is 15.0 Å². The fourth-order valence-electron chi connectivity index (χ4n) is 2.03. The molecule has 0 aliphatic rings. The summed E-state index contributed by atoms with van der Waals surface area (Å²) in [5.41, 5.74) is 8.01. The highest BCUT2D eigenvalue weighted by atomic mass is 16.5. The van der Waals surface area contributed by atoms with Crippen molar-refractivity contribution in [2.24, 2.45) is 0 Å². The molecule has 0 saturated heterocycles. The minimum atomic E-state index is 0.140. The van der Waals surface area contributed by atoms with Crippen molar-refractivity contribution in [1.82, 2.24) is 24.9 Å². The number of anilines is 2. The van der Waals surface area contributed by atoms with Gasteiger partial charge in [-0.15, -0.1) is 0 Å². The van der Waals surface area contributed by atoms with Crippen molar-refractivity contribution in [3.8, 4) is 5.88 Å². The predicted molar refractivity (Wildman–Crippen MR) is 87.2 cm³/mol. The number of para-hydroxylation sites is 2. The molecule has 23 heavy (non-hydrogen) atoms. The highest BCUT2D eigenvalue weighted by Crippen LogP contribution is 2.18. The lowest BCUT2D eigenvalue weighted by atomic mass is 10.3. The fraction of sp³-hybridized carbons (Fsp3) is 0.267. The summed E-state index contributed by atoms with van der Waals surface area (Å²) in [6, 6.07) is 7.63. The minimum absolute atomic E-state index is 0.140. The Morgan fingerprint density at radius 1 is 1.00 bits per heavy atom. The van der Waals surface area contributed by atoms with Crippen LogP contribution < -0.4 is 15.4 Å². The number of benzene rings is 1. The molecule has 0 amide bonds. The molecule has 0 aliphatic carbocycles. The van der Waals surface area contributed by atoms with Gasteiger partial charge in [-0.25, -0.2) is 9.97 Å². The highest BCUT2D eigenvalue weighted by molar-refractivity contribution is 5.74. The molecule has 2 aromatic heterocycles. The molecule has 3 rings (SSSR count). The van der Waals surface area contributed by atoms with Gasteiger partial charge >= 0.3 is 0 Å². The number of nitrogens with two attached hydrogens (primary N) is 1. The van der Waals surface area contributed by atoms with Crippen LogP contribution in [0, 0.1) is 6.92 Å². The van der Waals surface area contributed by atoms with Gasteiger partial charge in [-0.1, -0.05) is 12.1 Å². The maximum Gasteiger partial charge on any atom is 0.236 e. The molecular formula is C15H17N7O. The molecule has 3 aromatic rings. The average Bonchev–Trinajstić information content (AvgIpc) is 2.52. The maximum atomic E-state index is 5.72. The maximum absolute atomic E-state index is 5.72. The Kier molecular flexibility index (Phi) is 3.88. The van der Waals surface area contributed by atoms with Crippen LogP contribution in [-0.2, 0) is 6.61 Å². The van der Waals surface area contributed by atoms with E-state index in [-0.39, 0.29) is 12.6 Å². The van der Waals surface area contributed by atoms with Crippen LogP contribution in [0.5, 0.6) is 5.88 Å². The van der Waals surface area contributed by atoms with Crippen molar-refractivity contribution in [3.05, 3.63) is 35.8 Å². The second-order valence-corrected chi connectivity index (χ2v) is 5.20. The monoisotopic (exact) mass is 311 g/mol. The number of nitrogen functional groups attached to an aromatic ring is 1. The first-order chi connectivity index (χ1) is 11.0. The topological polar surface area (TPSA) is 103 Å². The van der Waals surface area contributed by atoms with Crippen LogP contribution in [-0.4, -0.2) is 39.0 Å². The van der Waals surface area contributed by atoms with E-state index in [4.69, 9.17) is 10.5 Å². The molecule has 0 bridgehead atoms. The van der Waals surface area contributed by atoms with E-state index in [2.05, 4.69) is 24.9 Å². The van der Waals surface area contributed by atoms with Crippen LogP contribution in [0.3, 0.4) is 0 Å². The number of aryl methyl sites for hydroxylation is 1. The van der Waals surface area contributed by atoms with Crippen molar-refractivity contribution >= 4 is 22.9 Å². The van der Waals surface area contributed by atoms with E-state index in [1.807, 2.05) is 45.3 Å². The zero-order chi connectivity index (χ0) is 16.4. The number of ether oxygens (including phenoxy) is 1. The van der Waals surface area contributed by atoms with Gasteiger partial charge in [-0.3, -0.25) is 0 Å². The normalized spacial score (nSPS) is 10.7. The van der Waals surface area contributed by atoms with E-state index in [1.54, 1.807) is 4.90 Å². The largest absolute Gasteiger partial charge is 0.468 e. The Balaban J connectivity index is 1.84. The van der Waals surface area contributed by atoms with Crippen LogP contribution in [0.15, 0.2) is 24.3 Å². The molecule has 2 heterocycles. The Bertz CT molecular complexity index is 850. The fourth-order valence-corrected chi connectivity index (χ4v) is 2.03. The van der Waals surface area contributed by atoms with Crippen molar-refractivity contribution in [3.63, 3.8) is 0 Å². The minimum Gasteiger partial charge on any atom is -0.468 e. The van der Waals surface area contributed by atoms with E-state index in [0.717, 1.165) is 11.0 Å². The third kappa shape index (κ3) is 3.25. The van der Waals surface area contributed by atoms with Gasteiger partial charge in [0.05, 0.1) is 11.0 Å². The molecule has 118 valence electrons. The number of hydrogen-bond acceptors (Lipinski definition) is 8. The van der Waals surface area contributed by atoms with Crippen LogP contribution in [0.2, 0.25) is 0 Å². The molecular weight excluding hydrogens is 294 g/mol. The van der Waals surface area contributed by atoms with Crippen molar-refractivity contribution in [2.75, 3.05) is 24.7 Å². The molecule has 8 nitrogen and oxygen atoms in total. The predicted octanol–water partition coefficient (Wildman–Crippen LogP) is 1.35. The lowest BCUT2D eigenvalue weighted by Gasteiger charge is -2.12. The van der Waals surface area contributed by atoms with Gasteiger partial charge in [0.25, 0.3) is 0 Å². The Morgan fingerprint density at radius 3 is 2.39 bits per heavy atom. The average molecular weight is 311 g/mol. The number of rotatable bonds is 4. The zero-order valence-electron chi connectivity index (χ0n) is 13.2. The molecule has 0 atom stereocenters. The third-order valence-electron chi connectivity index (χ3n) is 3.13. The van der Waals surface area contributed by atoms with Crippen LogP contribution >= 0.6 is 0 Å². The summed E-state index contributed by atoms with van der Waals surface area (Å²) >= 11 is 0. The van der Waals surface area contributed by atoms with E-state index >= 15 is 0 Å². The van der Waals surface area contributed by atoms with Gasteiger partial charge in [0.1, 0.15) is 12.3 Å². The smallest absolute Gasteiger partial charge is 0.236 e. The molecule has 0 spiro atoms. The van der Waals surface area contributed by atoms with E-state index in [9.17, 15) is 0 Å². The lowest BCUT2D eigenvalue weighted by Crippen LogP contribution is -2.17. The highest BCUT2D eigenvalue weighted by Gasteiger charge is 2.10. The zero-order valence-corrected chi connectivity index (χ0v) is 13.2. The van der Waals surface area contributed by atoms with Crippen LogP contribution in [0.1, 0.15) is 11.5 Å². The van der Waals surface area contributed by atoms with Crippen molar-refractivity contribution in [2.45, 2.75) is 13.5 Å². The van der Waals surface area contributed by atoms with E-state index < -0.39 is 0 Å². The first-order valence-corrected chi connectivity index (χ1v) is 7.07. The van der Waals surface area contributed by atoms with Crippen molar-refractivity contribution < 1.29 is 4.74 Å². The van der Waals surface area contributed by atoms with Gasteiger partial charge < -0.3 is 15.4 Å². The van der Waals surface area contributed by atoms with E-state index in [0.29, 0.717) is 23.3 Å². The number of nitrogens with zero attached hydrogens (tertiary/aromatic N) is 6. The van der Waals surface area contributed by atoms with Crippen LogP contribution in [0.4, 0.5) is 11.9 Å². The summed E-state index contributed by atoms with van der Waals surface area (Å²) in [7, 11) is 3.66. The third-order valence-corrected chi connectivity index (χ3v) is 3.13. The van der Waals surface area contributed by atoms with Gasteiger partial charge in [0.2, 0.25) is 17.8 Å². The quantitative estimate of drug-likeness (QED) is 0.770. The van der Waals surface area contributed by atoms with Crippen molar-refractivity contribution in [1.29, 1.82) is 0 Å². The summed E-state index contributed by atoms with van der Waals surface area (Å²) < 4.78 is 5.72. The summed E-state index contributed by atoms with van der Waals surface area (Å²) in [5.74, 6) is 1.53. The second kappa shape index (κ2) is 5.99. The number of aromatic nitrogens is 5. The molecule has 1 aromatic carbocycles. The standard InChI is InChI=1S/C15H17N7O/c1-9-13(18-11-7-5-4-6-10(11)17-9)23-8-12-19-14(16)21-15(20-12)22(2)3/h4-7H,8H2,1-3H3,(H2,16,19,20,21). The Morgan fingerprint density at radius 2 is 1.70 bits per heavy atom. The van der Waals surface area contributed by atoms with Gasteiger partial charge in [0, 0.05) is 14.1 Å². The molecule has 0 aliphatic heterocycles. The van der Waals surface area contributed by atoms with Gasteiger partial charge in [0.15, 0.2) is 5.82 Å². The first-order valence-electron chi connectivity index (χ1n) is 7.07. The summed E-state index contributed by atoms with van der Waals surface area (Å²) in [4.78, 5) is 23.1. The second-order valence-electron chi connectivity index (χ2n) is 5.20. The Labute approximate surface area is 133 Å². The van der Waals surface area contributed by atoms with Crippen LogP contribution in [0.25, 0.3) is 11.0 Å². The molecule has 0 radical (unpaired) electrons. The molecule has 8 heteroatoms. The Hall–Kier alpha value is -3.03. The summed E-state index contributed by atoms with van der Waals surface area (Å²) in [5, 5.41) is 0.